The zero-order valence-corrected chi connectivity index (χ0v) is 13.8. The van der Waals surface area contributed by atoms with Crippen molar-refractivity contribution >= 4 is 31.3 Å². The quantitative estimate of drug-likeness (QED) is 0.757. The predicted molar refractivity (Wildman–Crippen MR) is 79.5 cm³/mol. The Bertz CT molecular complexity index is 567. The van der Waals surface area contributed by atoms with Gasteiger partial charge < -0.3 is 4.74 Å². The second-order valence-corrected chi connectivity index (χ2v) is 8.91. The SMILES string of the molecule is CC(C)(C)C(COc1ccc(Cl)cc1F)CS(=O)(=O)Cl. The lowest BCUT2D eigenvalue weighted by Gasteiger charge is -2.29. The van der Waals surface area contributed by atoms with Crippen LogP contribution in [0.25, 0.3) is 0 Å². The van der Waals surface area contributed by atoms with Gasteiger partial charge in [0.25, 0.3) is 0 Å². The van der Waals surface area contributed by atoms with Crippen LogP contribution >= 0.6 is 22.3 Å². The highest BCUT2D eigenvalue weighted by Gasteiger charge is 2.29. The molecule has 1 aromatic rings. The van der Waals surface area contributed by atoms with Gasteiger partial charge in [-0.3, -0.25) is 0 Å². The fourth-order valence-electron chi connectivity index (χ4n) is 1.57. The van der Waals surface area contributed by atoms with E-state index in [0.717, 1.165) is 6.07 Å². The van der Waals surface area contributed by atoms with E-state index >= 15 is 0 Å². The third-order valence-corrected chi connectivity index (χ3v) is 4.37. The number of hydrogen-bond donors (Lipinski definition) is 0. The molecular weight excluding hydrogens is 326 g/mol. The molecule has 1 aromatic carbocycles. The Morgan fingerprint density at radius 2 is 1.95 bits per heavy atom. The van der Waals surface area contributed by atoms with Gasteiger partial charge in [0.2, 0.25) is 9.05 Å². The Balaban J connectivity index is 2.81. The van der Waals surface area contributed by atoms with Gasteiger partial charge in [-0.2, -0.15) is 0 Å². The Kier molecular flexibility index (Phi) is 5.70. The molecule has 7 heteroatoms. The van der Waals surface area contributed by atoms with Crippen LogP contribution in [-0.4, -0.2) is 20.8 Å². The van der Waals surface area contributed by atoms with Gasteiger partial charge in [0.05, 0.1) is 12.4 Å². The molecule has 20 heavy (non-hydrogen) atoms. The van der Waals surface area contributed by atoms with E-state index in [2.05, 4.69) is 0 Å². The van der Waals surface area contributed by atoms with E-state index in [1.54, 1.807) is 0 Å². The zero-order chi connectivity index (χ0) is 15.6. The first-order valence-electron chi connectivity index (χ1n) is 5.99. The molecule has 114 valence electrons. The van der Waals surface area contributed by atoms with Crippen LogP contribution in [0.1, 0.15) is 20.8 Å². The molecule has 0 saturated carbocycles. The Labute approximate surface area is 128 Å². The van der Waals surface area contributed by atoms with Crippen LogP contribution in [0.4, 0.5) is 4.39 Å². The van der Waals surface area contributed by atoms with Crippen molar-refractivity contribution in [2.45, 2.75) is 20.8 Å². The maximum Gasteiger partial charge on any atom is 0.233 e. The van der Waals surface area contributed by atoms with Crippen LogP contribution in [0.3, 0.4) is 0 Å². The molecule has 0 aliphatic carbocycles. The minimum Gasteiger partial charge on any atom is -0.490 e. The van der Waals surface area contributed by atoms with E-state index in [4.69, 9.17) is 27.0 Å². The number of rotatable bonds is 5. The van der Waals surface area contributed by atoms with E-state index in [1.807, 2.05) is 20.8 Å². The molecule has 1 unspecified atom stereocenters. The van der Waals surface area contributed by atoms with Crippen LogP contribution in [0, 0.1) is 17.2 Å². The van der Waals surface area contributed by atoms with Crippen molar-refractivity contribution in [3.63, 3.8) is 0 Å². The average Bonchev–Trinajstić information content (AvgIpc) is 2.23. The molecule has 0 saturated heterocycles. The lowest BCUT2D eigenvalue weighted by molar-refractivity contribution is 0.159. The molecule has 3 nitrogen and oxygen atoms in total. The highest BCUT2D eigenvalue weighted by atomic mass is 35.7. The zero-order valence-electron chi connectivity index (χ0n) is 11.5. The van der Waals surface area contributed by atoms with E-state index < -0.39 is 14.9 Å². The number of ether oxygens (including phenoxy) is 1. The summed E-state index contributed by atoms with van der Waals surface area (Å²) < 4.78 is 41.4. The van der Waals surface area contributed by atoms with E-state index in [0.29, 0.717) is 0 Å². The monoisotopic (exact) mass is 342 g/mol. The lowest BCUT2D eigenvalue weighted by Crippen LogP contribution is -2.32. The molecule has 0 radical (unpaired) electrons. The predicted octanol–water partition coefficient (Wildman–Crippen LogP) is 4.09. The van der Waals surface area contributed by atoms with Crippen molar-refractivity contribution in [2.24, 2.45) is 11.3 Å². The molecule has 0 heterocycles. The second-order valence-electron chi connectivity index (χ2n) is 5.65. The lowest BCUT2D eigenvalue weighted by atomic mass is 9.82. The Morgan fingerprint density at radius 1 is 1.35 bits per heavy atom. The Morgan fingerprint density at radius 3 is 2.40 bits per heavy atom. The molecular formula is C13H17Cl2FO3S. The highest BCUT2D eigenvalue weighted by Crippen LogP contribution is 2.30. The highest BCUT2D eigenvalue weighted by molar-refractivity contribution is 8.13. The number of hydrogen-bond acceptors (Lipinski definition) is 3. The molecule has 0 aromatic heterocycles. The third kappa shape index (κ3) is 5.85. The van der Waals surface area contributed by atoms with Gasteiger partial charge in [-0.15, -0.1) is 0 Å². The van der Waals surface area contributed by atoms with Crippen LogP contribution in [-0.2, 0) is 9.05 Å². The summed E-state index contributed by atoms with van der Waals surface area (Å²) >= 11 is 5.65. The maximum atomic E-state index is 13.6. The van der Waals surface area contributed by atoms with Crippen LogP contribution in [0.2, 0.25) is 5.02 Å². The van der Waals surface area contributed by atoms with Crippen molar-refractivity contribution < 1.29 is 17.5 Å². The fraction of sp³-hybridized carbons (Fsp3) is 0.538. The van der Waals surface area contributed by atoms with E-state index in [-0.39, 0.29) is 34.5 Å². The summed E-state index contributed by atoms with van der Waals surface area (Å²) in [6, 6.07) is 4.05. The van der Waals surface area contributed by atoms with Crippen LogP contribution < -0.4 is 4.74 Å². The molecule has 0 aliphatic rings. The molecule has 0 bridgehead atoms. The van der Waals surface area contributed by atoms with Crippen molar-refractivity contribution in [1.29, 1.82) is 0 Å². The minimum absolute atomic E-state index is 0.0376. The first-order valence-corrected chi connectivity index (χ1v) is 8.85. The normalized spacial score (nSPS) is 14.1. The first-order chi connectivity index (χ1) is 8.99. The van der Waals surface area contributed by atoms with Crippen molar-refractivity contribution in [2.75, 3.05) is 12.4 Å². The number of benzene rings is 1. The largest absolute Gasteiger partial charge is 0.490 e. The summed E-state index contributed by atoms with van der Waals surface area (Å²) in [7, 11) is 1.64. The third-order valence-electron chi connectivity index (χ3n) is 2.96. The Hall–Kier alpha value is -0.520. The van der Waals surface area contributed by atoms with Crippen molar-refractivity contribution in [3.8, 4) is 5.75 Å². The first kappa shape index (κ1) is 17.5. The molecule has 0 N–H and O–H groups in total. The van der Waals surface area contributed by atoms with E-state index in [9.17, 15) is 12.8 Å². The van der Waals surface area contributed by atoms with Gasteiger partial charge in [-0.25, -0.2) is 12.8 Å². The molecule has 0 fully saturated rings. The summed E-state index contributed by atoms with van der Waals surface area (Å²) in [5, 5.41) is 0.269. The minimum atomic E-state index is -3.65. The summed E-state index contributed by atoms with van der Waals surface area (Å²) in [5.41, 5.74) is -0.342. The van der Waals surface area contributed by atoms with Gasteiger partial charge in [-0.1, -0.05) is 32.4 Å². The molecule has 1 atom stereocenters. The summed E-state index contributed by atoms with van der Waals surface area (Å²) in [4.78, 5) is 0. The van der Waals surface area contributed by atoms with Crippen LogP contribution in [0.5, 0.6) is 5.75 Å². The second kappa shape index (κ2) is 6.50. The molecule has 0 spiro atoms. The summed E-state index contributed by atoms with van der Waals surface area (Å²) in [5.74, 6) is -1.14. The molecule has 0 amide bonds. The van der Waals surface area contributed by atoms with Gasteiger partial charge in [0.1, 0.15) is 0 Å². The summed E-state index contributed by atoms with van der Waals surface area (Å²) in [6.45, 7) is 5.68. The summed E-state index contributed by atoms with van der Waals surface area (Å²) in [6.07, 6.45) is 0. The van der Waals surface area contributed by atoms with Crippen LogP contribution in [0.15, 0.2) is 18.2 Å². The van der Waals surface area contributed by atoms with Crippen molar-refractivity contribution in [1.82, 2.24) is 0 Å². The van der Waals surface area contributed by atoms with Gasteiger partial charge in [-0.05, 0) is 23.6 Å². The average molecular weight is 343 g/mol. The topological polar surface area (TPSA) is 43.4 Å². The standard InChI is InChI=1S/C13H17Cl2FO3S/c1-13(2,3)9(8-20(15,17)18)7-19-12-5-4-10(14)6-11(12)16/h4-6,9H,7-8H2,1-3H3. The number of halogens is 3. The van der Waals surface area contributed by atoms with Gasteiger partial charge in [0.15, 0.2) is 11.6 Å². The molecule has 1 rings (SSSR count). The molecule has 0 aliphatic heterocycles. The van der Waals surface area contributed by atoms with Gasteiger partial charge in [0, 0.05) is 21.6 Å². The fourth-order valence-corrected chi connectivity index (χ4v) is 3.26. The van der Waals surface area contributed by atoms with Gasteiger partial charge >= 0.3 is 0 Å². The van der Waals surface area contributed by atoms with E-state index in [1.165, 1.54) is 12.1 Å². The maximum absolute atomic E-state index is 13.6. The smallest absolute Gasteiger partial charge is 0.233 e. The van der Waals surface area contributed by atoms with Crippen molar-refractivity contribution in [3.05, 3.63) is 29.0 Å².